The molecule has 3 aromatic carbocycles. The Balaban J connectivity index is 1.35. The SMILES string of the molecule is O=c1[nH]c(CN(Cc2ccccc2)CC(O)COc2ccccc2)nc2scc(-c3ccccc3)c12. The summed E-state index contributed by atoms with van der Waals surface area (Å²) in [6.07, 6.45) is -0.712. The highest BCUT2D eigenvalue weighted by atomic mass is 32.1. The summed E-state index contributed by atoms with van der Waals surface area (Å²) in [5.41, 5.74) is 2.85. The predicted octanol–water partition coefficient (Wildman–Crippen LogP) is 5.09. The number of rotatable bonds is 10. The van der Waals surface area contributed by atoms with Crippen LogP contribution in [-0.2, 0) is 13.1 Å². The van der Waals surface area contributed by atoms with Crippen molar-refractivity contribution in [3.8, 4) is 16.9 Å². The Kier molecular flexibility index (Phi) is 7.52. The number of nitrogens with one attached hydrogen (secondary N) is 1. The smallest absolute Gasteiger partial charge is 0.260 e. The molecule has 0 saturated heterocycles. The normalized spacial score (nSPS) is 12.2. The monoisotopic (exact) mass is 497 g/mol. The molecule has 0 amide bonds. The molecule has 0 bridgehead atoms. The summed E-state index contributed by atoms with van der Waals surface area (Å²) in [5.74, 6) is 1.29. The van der Waals surface area contributed by atoms with Crippen LogP contribution < -0.4 is 10.3 Å². The van der Waals surface area contributed by atoms with E-state index in [-0.39, 0.29) is 12.2 Å². The Morgan fingerprint density at radius 2 is 1.58 bits per heavy atom. The molecule has 5 rings (SSSR count). The van der Waals surface area contributed by atoms with Gasteiger partial charge in [0.1, 0.15) is 29.1 Å². The van der Waals surface area contributed by atoms with Crippen molar-refractivity contribution in [1.82, 2.24) is 14.9 Å². The summed E-state index contributed by atoms with van der Waals surface area (Å²) in [7, 11) is 0. The molecule has 7 heteroatoms. The molecule has 0 saturated carbocycles. The van der Waals surface area contributed by atoms with Crippen molar-refractivity contribution in [3.63, 3.8) is 0 Å². The van der Waals surface area contributed by atoms with Gasteiger partial charge in [-0.15, -0.1) is 11.3 Å². The first-order valence-electron chi connectivity index (χ1n) is 11.8. The van der Waals surface area contributed by atoms with E-state index in [4.69, 9.17) is 9.72 Å². The number of fused-ring (bicyclic) bond motifs is 1. The van der Waals surface area contributed by atoms with Crippen molar-refractivity contribution in [2.45, 2.75) is 19.2 Å². The first-order valence-corrected chi connectivity index (χ1v) is 12.7. The van der Waals surface area contributed by atoms with Gasteiger partial charge in [-0.1, -0.05) is 78.9 Å². The van der Waals surface area contributed by atoms with Crippen LogP contribution in [0.1, 0.15) is 11.4 Å². The Bertz CT molecular complexity index is 1450. The van der Waals surface area contributed by atoms with Gasteiger partial charge in [0, 0.05) is 24.0 Å². The fourth-order valence-corrected chi connectivity index (χ4v) is 5.16. The van der Waals surface area contributed by atoms with E-state index in [2.05, 4.69) is 9.88 Å². The lowest BCUT2D eigenvalue weighted by Crippen LogP contribution is -2.35. The van der Waals surface area contributed by atoms with Crippen LogP contribution in [-0.4, -0.2) is 39.2 Å². The van der Waals surface area contributed by atoms with Crippen LogP contribution >= 0.6 is 11.3 Å². The third kappa shape index (κ3) is 5.88. The minimum absolute atomic E-state index is 0.150. The van der Waals surface area contributed by atoms with Crippen LogP contribution in [0.5, 0.6) is 5.75 Å². The molecule has 1 atom stereocenters. The van der Waals surface area contributed by atoms with Gasteiger partial charge in [0.2, 0.25) is 0 Å². The first kappa shape index (κ1) is 23.9. The molecule has 2 N–H and O–H groups in total. The summed E-state index contributed by atoms with van der Waals surface area (Å²) in [4.78, 5) is 23.6. The zero-order valence-corrected chi connectivity index (χ0v) is 20.5. The summed E-state index contributed by atoms with van der Waals surface area (Å²) in [5, 5.41) is 13.3. The molecule has 2 aromatic heterocycles. The number of benzene rings is 3. The lowest BCUT2D eigenvalue weighted by atomic mass is 10.1. The third-order valence-electron chi connectivity index (χ3n) is 5.85. The van der Waals surface area contributed by atoms with E-state index < -0.39 is 6.10 Å². The zero-order chi connectivity index (χ0) is 24.7. The Hall–Kier alpha value is -3.78. The molecule has 0 aliphatic rings. The van der Waals surface area contributed by atoms with Crippen molar-refractivity contribution in [2.75, 3.05) is 13.2 Å². The number of aliphatic hydroxyl groups excluding tert-OH is 1. The summed E-state index contributed by atoms with van der Waals surface area (Å²) >= 11 is 1.47. The first-order chi connectivity index (χ1) is 17.7. The largest absolute Gasteiger partial charge is 0.491 e. The maximum absolute atomic E-state index is 13.1. The van der Waals surface area contributed by atoms with Crippen LogP contribution in [0.4, 0.5) is 0 Å². The molecule has 6 nitrogen and oxygen atoms in total. The Labute approximate surface area is 213 Å². The van der Waals surface area contributed by atoms with E-state index in [0.717, 1.165) is 22.4 Å². The molecule has 0 aliphatic heterocycles. The summed E-state index contributed by atoms with van der Waals surface area (Å²) < 4.78 is 5.74. The highest BCUT2D eigenvalue weighted by Crippen LogP contribution is 2.30. The third-order valence-corrected chi connectivity index (χ3v) is 6.73. The van der Waals surface area contributed by atoms with E-state index in [1.54, 1.807) is 0 Å². The van der Waals surface area contributed by atoms with E-state index in [1.165, 1.54) is 11.3 Å². The maximum atomic E-state index is 13.1. The second-order valence-corrected chi connectivity index (χ2v) is 9.50. The number of para-hydroxylation sites is 1. The van der Waals surface area contributed by atoms with Crippen LogP contribution in [0.25, 0.3) is 21.3 Å². The number of nitrogens with zero attached hydrogens (tertiary/aromatic N) is 2. The fraction of sp³-hybridized carbons (Fsp3) is 0.172. The lowest BCUT2D eigenvalue weighted by Gasteiger charge is -2.25. The van der Waals surface area contributed by atoms with E-state index in [1.807, 2.05) is 96.4 Å². The number of hydrogen-bond donors (Lipinski definition) is 2. The van der Waals surface area contributed by atoms with Crippen LogP contribution in [0.3, 0.4) is 0 Å². The van der Waals surface area contributed by atoms with Gasteiger partial charge in [-0.3, -0.25) is 9.69 Å². The van der Waals surface area contributed by atoms with Gasteiger partial charge >= 0.3 is 0 Å². The number of hydrogen-bond acceptors (Lipinski definition) is 6. The van der Waals surface area contributed by atoms with Gasteiger partial charge in [0.25, 0.3) is 5.56 Å². The molecule has 0 radical (unpaired) electrons. The van der Waals surface area contributed by atoms with Crippen LogP contribution in [0, 0.1) is 0 Å². The average molecular weight is 498 g/mol. The summed E-state index contributed by atoms with van der Waals surface area (Å²) in [6, 6.07) is 29.4. The number of aromatic amines is 1. The van der Waals surface area contributed by atoms with E-state index >= 15 is 0 Å². The minimum atomic E-state index is -0.712. The van der Waals surface area contributed by atoms with Crippen molar-refractivity contribution in [3.05, 3.63) is 118 Å². The maximum Gasteiger partial charge on any atom is 0.260 e. The second kappa shape index (κ2) is 11.3. The number of aliphatic hydroxyl groups is 1. The lowest BCUT2D eigenvalue weighted by molar-refractivity contribution is 0.0619. The van der Waals surface area contributed by atoms with E-state index in [9.17, 15) is 9.90 Å². The van der Waals surface area contributed by atoms with Gasteiger partial charge in [-0.25, -0.2) is 4.98 Å². The van der Waals surface area contributed by atoms with Gasteiger partial charge in [0.15, 0.2) is 0 Å². The van der Waals surface area contributed by atoms with Crippen molar-refractivity contribution in [2.24, 2.45) is 0 Å². The van der Waals surface area contributed by atoms with Gasteiger partial charge in [-0.2, -0.15) is 0 Å². The molecule has 1 unspecified atom stereocenters. The Morgan fingerprint density at radius 3 is 2.31 bits per heavy atom. The standard InChI is InChI=1S/C29H27N3O3S/c33-23(19-35-24-14-8-3-9-15-24)17-32(16-21-10-4-1-5-11-21)18-26-30-28(34)27-25(20-36-29(27)31-26)22-12-6-2-7-13-22/h1-15,20,23,33H,16-19H2,(H,30,31,34). The highest BCUT2D eigenvalue weighted by Gasteiger charge is 2.18. The molecule has 0 fully saturated rings. The molecule has 0 aliphatic carbocycles. The van der Waals surface area contributed by atoms with Crippen molar-refractivity contribution < 1.29 is 9.84 Å². The van der Waals surface area contributed by atoms with Crippen LogP contribution in [0.2, 0.25) is 0 Å². The molecule has 2 heterocycles. The molecular weight excluding hydrogens is 470 g/mol. The fourth-order valence-electron chi connectivity index (χ4n) is 4.20. The zero-order valence-electron chi connectivity index (χ0n) is 19.7. The second-order valence-electron chi connectivity index (χ2n) is 8.64. The number of aromatic nitrogens is 2. The summed E-state index contributed by atoms with van der Waals surface area (Å²) in [6.45, 7) is 1.53. The van der Waals surface area contributed by atoms with Gasteiger partial charge < -0.3 is 14.8 Å². The highest BCUT2D eigenvalue weighted by molar-refractivity contribution is 7.17. The molecule has 36 heavy (non-hydrogen) atoms. The topological polar surface area (TPSA) is 78.5 Å². The number of thiophene rings is 1. The predicted molar refractivity (Wildman–Crippen MR) is 144 cm³/mol. The van der Waals surface area contributed by atoms with Crippen LogP contribution in [0.15, 0.2) is 101 Å². The molecule has 182 valence electrons. The Morgan fingerprint density at radius 1 is 0.917 bits per heavy atom. The van der Waals surface area contributed by atoms with Crippen molar-refractivity contribution in [1.29, 1.82) is 0 Å². The molecule has 5 aromatic rings. The van der Waals surface area contributed by atoms with Gasteiger partial charge in [-0.05, 0) is 23.3 Å². The average Bonchev–Trinajstić information content (AvgIpc) is 3.34. The molecular formula is C29H27N3O3S. The van der Waals surface area contributed by atoms with Crippen molar-refractivity contribution >= 4 is 21.6 Å². The number of ether oxygens (including phenoxy) is 1. The van der Waals surface area contributed by atoms with Gasteiger partial charge in [0.05, 0.1) is 11.9 Å². The van der Waals surface area contributed by atoms with E-state index in [0.29, 0.717) is 35.7 Å². The quantitative estimate of drug-likeness (QED) is 0.281. The minimum Gasteiger partial charge on any atom is -0.491 e. The molecule has 0 spiro atoms. The number of H-pyrrole nitrogens is 1.